The van der Waals surface area contributed by atoms with Gasteiger partial charge in [-0.1, -0.05) is 30.0 Å². The Bertz CT molecular complexity index is 1000. The molecule has 10 heteroatoms. The van der Waals surface area contributed by atoms with Gasteiger partial charge in [-0.2, -0.15) is 0 Å². The van der Waals surface area contributed by atoms with E-state index in [-0.39, 0.29) is 21.5 Å². The average Bonchev–Trinajstić information content (AvgIpc) is 3.24. The molecule has 2 amide bonds. The highest BCUT2D eigenvalue weighted by Gasteiger charge is 2.38. The highest BCUT2D eigenvalue weighted by atomic mass is 32.2. The van der Waals surface area contributed by atoms with Gasteiger partial charge in [-0.3, -0.25) is 14.5 Å². The van der Waals surface area contributed by atoms with E-state index < -0.39 is 23.7 Å². The van der Waals surface area contributed by atoms with Crippen LogP contribution in [0.5, 0.6) is 5.75 Å². The van der Waals surface area contributed by atoms with Crippen LogP contribution in [0.2, 0.25) is 0 Å². The summed E-state index contributed by atoms with van der Waals surface area (Å²) < 4.78 is 0.271. The first-order valence-electron chi connectivity index (χ1n) is 7.95. The summed E-state index contributed by atoms with van der Waals surface area (Å²) in [5, 5.41) is 23.1. The van der Waals surface area contributed by atoms with Crippen molar-refractivity contribution in [3.63, 3.8) is 0 Å². The number of aromatic carboxylic acids is 1. The van der Waals surface area contributed by atoms with E-state index in [9.17, 15) is 19.5 Å². The van der Waals surface area contributed by atoms with E-state index in [1.54, 1.807) is 6.08 Å². The van der Waals surface area contributed by atoms with E-state index in [1.165, 1.54) is 35.3 Å². The van der Waals surface area contributed by atoms with E-state index in [1.807, 2.05) is 17.5 Å². The molecule has 1 aromatic carbocycles. The molecular weight excluding hydrogens is 420 g/mol. The maximum absolute atomic E-state index is 12.7. The molecule has 1 aromatic heterocycles. The van der Waals surface area contributed by atoms with Crippen molar-refractivity contribution in [1.29, 1.82) is 0 Å². The standard InChI is InChI=1S/C18H14N2O5S3/c1-9(15(22)19-10-4-5-13(21)12(7-10)17(24)25)20-16(23)14(28-18(20)26)8-11-3-2-6-27-11/h2-9,21H,1H3,(H,19,22)(H,24,25)/b14-8+/t9-/m0/s1. The second-order valence-electron chi connectivity index (χ2n) is 5.77. The molecule has 2 aromatic rings. The average molecular weight is 435 g/mol. The summed E-state index contributed by atoms with van der Waals surface area (Å²) >= 11 is 7.87. The van der Waals surface area contributed by atoms with Crippen LogP contribution in [-0.4, -0.2) is 43.3 Å². The normalized spacial score (nSPS) is 16.5. The number of nitrogens with zero attached hydrogens (tertiary/aromatic N) is 1. The zero-order chi connectivity index (χ0) is 20.4. The Hall–Kier alpha value is -2.69. The van der Waals surface area contributed by atoms with E-state index in [0.29, 0.717) is 4.91 Å². The van der Waals surface area contributed by atoms with E-state index in [4.69, 9.17) is 17.3 Å². The predicted octanol–water partition coefficient (Wildman–Crippen LogP) is 3.38. The molecule has 0 aliphatic carbocycles. The van der Waals surface area contributed by atoms with Crippen molar-refractivity contribution in [3.05, 3.63) is 51.1 Å². The van der Waals surface area contributed by atoms with Crippen LogP contribution in [0.3, 0.4) is 0 Å². The lowest BCUT2D eigenvalue weighted by Gasteiger charge is -2.22. The maximum atomic E-state index is 12.7. The number of thiophene rings is 1. The number of hydrogen-bond acceptors (Lipinski definition) is 7. The number of hydrogen-bond donors (Lipinski definition) is 3. The van der Waals surface area contributed by atoms with Gasteiger partial charge in [0.05, 0.1) is 4.91 Å². The fourth-order valence-corrected chi connectivity index (χ4v) is 4.61. The molecule has 0 radical (unpaired) electrons. The smallest absolute Gasteiger partial charge is 0.339 e. The lowest BCUT2D eigenvalue weighted by Crippen LogP contribution is -2.44. The van der Waals surface area contributed by atoms with E-state index >= 15 is 0 Å². The lowest BCUT2D eigenvalue weighted by molar-refractivity contribution is -0.129. The van der Waals surface area contributed by atoms with Crippen LogP contribution in [0.15, 0.2) is 40.6 Å². The molecule has 1 aliphatic rings. The third-order valence-corrected chi connectivity index (χ3v) is 6.05. The Labute approximate surface area is 173 Å². The topological polar surface area (TPSA) is 107 Å². The summed E-state index contributed by atoms with van der Waals surface area (Å²) in [4.78, 5) is 38.9. The number of aromatic hydroxyl groups is 1. The molecule has 2 heterocycles. The molecule has 0 bridgehead atoms. The molecule has 1 fully saturated rings. The second-order valence-corrected chi connectivity index (χ2v) is 8.42. The lowest BCUT2D eigenvalue weighted by atomic mass is 10.1. The predicted molar refractivity (Wildman–Crippen MR) is 112 cm³/mol. The van der Waals surface area contributed by atoms with Gasteiger partial charge < -0.3 is 15.5 Å². The minimum absolute atomic E-state index is 0.187. The first-order chi connectivity index (χ1) is 13.3. The van der Waals surface area contributed by atoms with Crippen molar-refractivity contribution in [2.45, 2.75) is 13.0 Å². The monoisotopic (exact) mass is 434 g/mol. The van der Waals surface area contributed by atoms with Gasteiger partial charge in [0.2, 0.25) is 5.91 Å². The number of carboxylic acids is 1. The second kappa shape index (κ2) is 8.13. The molecule has 3 N–H and O–H groups in total. The third kappa shape index (κ3) is 4.08. The fourth-order valence-electron chi connectivity index (χ4n) is 2.47. The molecule has 0 unspecified atom stereocenters. The number of rotatable bonds is 5. The van der Waals surface area contributed by atoms with Crippen LogP contribution in [0.4, 0.5) is 5.69 Å². The van der Waals surface area contributed by atoms with Gasteiger partial charge in [0.15, 0.2) is 0 Å². The van der Waals surface area contributed by atoms with Gasteiger partial charge in [-0.25, -0.2) is 4.79 Å². The van der Waals surface area contributed by atoms with Crippen LogP contribution >= 0.6 is 35.3 Å². The number of thioether (sulfide) groups is 1. The summed E-state index contributed by atoms with van der Waals surface area (Å²) in [6, 6.07) is 6.53. The van der Waals surface area contributed by atoms with Crippen molar-refractivity contribution in [2.75, 3.05) is 5.32 Å². The Kier molecular flexibility index (Phi) is 5.82. The molecule has 144 valence electrons. The summed E-state index contributed by atoms with van der Waals surface area (Å²) in [5.41, 5.74) is -0.151. The summed E-state index contributed by atoms with van der Waals surface area (Å²) in [7, 11) is 0. The van der Waals surface area contributed by atoms with Gasteiger partial charge >= 0.3 is 5.97 Å². The quantitative estimate of drug-likeness (QED) is 0.376. The van der Waals surface area contributed by atoms with Gasteiger partial charge in [0.1, 0.15) is 21.7 Å². The molecular formula is C18H14N2O5S3. The zero-order valence-electron chi connectivity index (χ0n) is 14.4. The molecule has 0 spiro atoms. The largest absolute Gasteiger partial charge is 0.507 e. The molecule has 1 aliphatic heterocycles. The van der Waals surface area contributed by atoms with Gasteiger partial charge in [0, 0.05) is 10.6 Å². The zero-order valence-corrected chi connectivity index (χ0v) is 16.9. The van der Waals surface area contributed by atoms with Crippen molar-refractivity contribution < 1.29 is 24.6 Å². The Morgan fingerprint density at radius 3 is 2.71 bits per heavy atom. The van der Waals surface area contributed by atoms with Crippen molar-refractivity contribution >= 4 is 69.2 Å². The van der Waals surface area contributed by atoms with Gasteiger partial charge in [0.25, 0.3) is 5.91 Å². The number of carboxylic acid groups (broad SMARTS) is 1. The first-order valence-corrected chi connectivity index (χ1v) is 10.1. The molecule has 0 saturated carbocycles. The third-order valence-electron chi connectivity index (χ3n) is 3.90. The van der Waals surface area contributed by atoms with Gasteiger partial charge in [-0.05, 0) is 42.6 Å². The van der Waals surface area contributed by atoms with E-state index in [2.05, 4.69) is 5.32 Å². The number of phenols is 1. The van der Waals surface area contributed by atoms with E-state index in [0.717, 1.165) is 22.7 Å². The number of carbonyl (C=O) groups is 3. The summed E-state index contributed by atoms with van der Waals surface area (Å²) in [6.45, 7) is 1.53. The molecule has 1 saturated heterocycles. The van der Waals surface area contributed by atoms with Crippen LogP contribution in [-0.2, 0) is 9.59 Å². The van der Waals surface area contributed by atoms with Crippen LogP contribution in [0.1, 0.15) is 22.2 Å². The van der Waals surface area contributed by atoms with Crippen molar-refractivity contribution in [3.8, 4) is 5.75 Å². The number of amides is 2. The van der Waals surface area contributed by atoms with Gasteiger partial charge in [-0.15, -0.1) is 11.3 Å². The first kappa shape index (κ1) is 20.1. The maximum Gasteiger partial charge on any atom is 0.339 e. The molecule has 28 heavy (non-hydrogen) atoms. The Morgan fingerprint density at radius 2 is 2.07 bits per heavy atom. The molecule has 7 nitrogen and oxygen atoms in total. The minimum atomic E-state index is -1.32. The number of nitrogens with one attached hydrogen (secondary N) is 1. The van der Waals surface area contributed by atoms with Crippen molar-refractivity contribution in [1.82, 2.24) is 4.90 Å². The highest BCUT2D eigenvalue weighted by molar-refractivity contribution is 8.26. The van der Waals surface area contributed by atoms with Crippen LogP contribution in [0, 0.1) is 0 Å². The number of carbonyl (C=O) groups excluding carboxylic acids is 2. The van der Waals surface area contributed by atoms with Crippen LogP contribution in [0.25, 0.3) is 6.08 Å². The fraction of sp³-hybridized carbons (Fsp3) is 0.111. The SMILES string of the molecule is C[C@@H](C(=O)Nc1ccc(O)c(C(=O)O)c1)N1C(=O)/C(=C\c2cccs2)SC1=S. The number of anilines is 1. The minimum Gasteiger partial charge on any atom is -0.507 e. The molecule has 3 rings (SSSR count). The molecule has 1 atom stereocenters. The Morgan fingerprint density at radius 1 is 1.32 bits per heavy atom. The number of thiocarbonyl (C=S) groups is 1. The Balaban J connectivity index is 1.76. The van der Waals surface area contributed by atoms with Crippen molar-refractivity contribution in [2.24, 2.45) is 0 Å². The summed E-state index contributed by atoms with van der Waals surface area (Å²) in [5.74, 6) is -2.62. The number of benzene rings is 1. The highest BCUT2D eigenvalue weighted by Crippen LogP contribution is 2.34. The van der Waals surface area contributed by atoms with Crippen LogP contribution < -0.4 is 5.32 Å². The summed E-state index contributed by atoms with van der Waals surface area (Å²) in [6.07, 6.45) is 1.73.